The SMILES string of the molecule is COc1ccsc1S(=O)(=O)N1CCC(CN(C)Cc2cccnc2)C1. The maximum absolute atomic E-state index is 12.8. The number of methoxy groups -OCH3 is 1. The summed E-state index contributed by atoms with van der Waals surface area (Å²) in [4.78, 5) is 6.36. The zero-order chi connectivity index (χ0) is 17.9. The van der Waals surface area contributed by atoms with Crippen LogP contribution in [0.15, 0.2) is 40.2 Å². The highest BCUT2D eigenvalue weighted by Crippen LogP contribution is 2.34. The topological polar surface area (TPSA) is 62.7 Å². The molecule has 0 aliphatic carbocycles. The van der Waals surface area contributed by atoms with Crippen LogP contribution in [-0.2, 0) is 16.6 Å². The van der Waals surface area contributed by atoms with Gasteiger partial charge in [0.1, 0.15) is 5.75 Å². The smallest absolute Gasteiger partial charge is 0.256 e. The highest BCUT2D eigenvalue weighted by molar-refractivity contribution is 7.91. The normalized spacial score (nSPS) is 18.8. The van der Waals surface area contributed by atoms with Crippen LogP contribution >= 0.6 is 11.3 Å². The number of sulfonamides is 1. The van der Waals surface area contributed by atoms with Gasteiger partial charge in [-0.15, -0.1) is 11.3 Å². The summed E-state index contributed by atoms with van der Waals surface area (Å²) < 4.78 is 32.7. The Kier molecular flexibility index (Phi) is 5.73. The Bertz CT molecular complexity index is 792. The molecule has 6 nitrogen and oxygen atoms in total. The maximum atomic E-state index is 12.8. The molecule has 0 N–H and O–H groups in total. The highest BCUT2D eigenvalue weighted by Gasteiger charge is 2.35. The zero-order valence-corrected chi connectivity index (χ0v) is 16.1. The zero-order valence-electron chi connectivity index (χ0n) is 14.5. The van der Waals surface area contributed by atoms with E-state index in [0.717, 1.165) is 25.1 Å². The van der Waals surface area contributed by atoms with Crippen molar-refractivity contribution in [1.29, 1.82) is 0 Å². The summed E-state index contributed by atoms with van der Waals surface area (Å²) in [7, 11) is 0.0958. The number of thiophene rings is 1. The van der Waals surface area contributed by atoms with Crippen LogP contribution in [0.1, 0.15) is 12.0 Å². The van der Waals surface area contributed by atoms with Crippen LogP contribution in [0.2, 0.25) is 0 Å². The Morgan fingerprint density at radius 1 is 1.44 bits per heavy atom. The van der Waals surface area contributed by atoms with E-state index in [4.69, 9.17) is 4.74 Å². The fourth-order valence-corrected chi connectivity index (χ4v) is 6.16. The minimum Gasteiger partial charge on any atom is -0.494 e. The quantitative estimate of drug-likeness (QED) is 0.736. The van der Waals surface area contributed by atoms with E-state index >= 15 is 0 Å². The molecular formula is C17H23N3O3S2. The second kappa shape index (κ2) is 7.82. The number of aromatic nitrogens is 1. The Balaban J connectivity index is 1.60. The molecule has 0 radical (unpaired) electrons. The fourth-order valence-electron chi connectivity index (χ4n) is 3.21. The van der Waals surface area contributed by atoms with Crippen molar-refractivity contribution in [3.8, 4) is 5.75 Å². The third kappa shape index (κ3) is 4.20. The first-order valence-corrected chi connectivity index (χ1v) is 10.5. The Hall–Kier alpha value is -1.48. The molecule has 2 aromatic heterocycles. The van der Waals surface area contributed by atoms with Crippen LogP contribution < -0.4 is 4.74 Å². The monoisotopic (exact) mass is 381 g/mol. The molecular weight excluding hydrogens is 358 g/mol. The Morgan fingerprint density at radius 2 is 2.28 bits per heavy atom. The van der Waals surface area contributed by atoms with Crippen molar-refractivity contribution in [3.63, 3.8) is 0 Å². The van der Waals surface area contributed by atoms with Crippen LogP contribution in [0, 0.1) is 5.92 Å². The van der Waals surface area contributed by atoms with Crippen LogP contribution in [0.4, 0.5) is 0 Å². The molecule has 3 rings (SSSR count). The average molecular weight is 382 g/mol. The van der Waals surface area contributed by atoms with Crippen LogP contribution in [0.25, 0.3) is 0 Å². The van der Waals surface area contributed by atoms with Crippen molar-refractivity contribution in [3.05, 3.63) is 41.5 Å². The molecule has 0 bridgehead atoms. The Morgan fingerprint density at radius 3 is 3.00 bits per heavy atom. The van der Waals surface area contributed by atoms with Gasteiger partial charge >= 0.3 is 0 Å². The predicted molar refractivity (Wildman–Crippen MR) is 98.3 cm³/mol. The molecule has 1 atom stereocenters. The molecule has 0 aromatic carbocycles. The van der Waals surface area contributed by atoms with E-state index in [-0.39, 0.29) is 0 Å². The summed E-state index contributed by atoms with van der Waals surface area (Å²) in [5.74, 6) is 0.768. The number of pyridine rings is 1. The number of hydrogen-bond acceptors (Lipinski definition) is 6. The van der Waals surface area contributed by atoms with E-state index in [1.54, 1.807) is 21.9 Å². The summed E-state index contributed by atoms with van der Waals surface area (Å²) in [6, 6.07) is 5.69. The van der Waals surface area contributed by atoms with E-state index in [1.807, 2.05) is 12.3 Å². The maximum Gasteiger partial charge on any atom is 0.256 e. The van der Waals surface area contributed by atoms with Gasteiger partial charge in [-0.3, -0.25) is 4.98 Å². The molecule has 0 saturated carbocycles. The van der Waals surface area contributed by atoms with E-state index in [2.05, 4.69) is 23.0 Å². The first-order valence-electron chi connectivity index (χ1n) is 8.20. The van der Waals surface area contributed by atoms with Gasteiger partial charge in [-0.25, -0.2) is 8.42 Å². The molecule has 0 spiro atoms. The summed E-state index contributed by atoms with van der Waals surface area (Å²) in [6.07, 6.45) is 4.51. The van der Waals surface area contributed by atoms with Crippen LogP contribution in [-0.4, -0.2) is 56.4 Å². The average Bonchev–Trinajstić information content (AvgIpc) is 3.25. The molecule has 25 heavy (non-hydrogen) atoms. The lowest BCUT2D eigenvalue weighted by molar-refractivity contribution is 0.273. The molecule has 8 heteroatoms. The largest absolute Gasteiger partial charge is 0.494 e. The molecule has 136 valence electrons. The van der Waals surface area contributed by atoms with E-state index in [0.29, 0.717) is 29.0 Å². The van der Waals surface area contributed by atoms with Crippen molar-refractivity contribution in [1.82, 2.24) is 14.2 Å². The van der Waals surface area contributed by atoms with Gasteiger partial charge in [0.2, 0.25) is 0 Å². The second-order valence-electron chi connectivity index (χ2n) is 6.35. The summed E-state index contributed by atoms with van der Waals surface area (Å²) >= 11 is 1.21. The van der Waals surface area contributed by atoms with Gasteiger partial charge in [-0.05, 0) is 42.5 Å². The molecule has 1 unspecified atom stereocenters. The molecule has 1 saturated heterocycles. The fraction of sp³-hybridized carbons (Fsp3) is 0.471. The highest BCUT2D eigenvalue weighted by atomic mass is 32.2. The lowest BCUT2D eigenvalue weighted by Crippen LogP contribution is -2.31. The van der Waals surface area contributed by atoms with Gasteiger partial charge in [0, 0.05) is 38.6 Å². The standard InChI is InChI=1S/C17H23N3O3S2/c1-19(11-14-4-3-7-18-10-14)12-15-5-8-20(13-15)25(21,22)17-16(23-2)6-9-24-17/h3-4,6-7,9-10,15H,5,8,11-13H2,1-2H3. The molecule has 1 fully saturated rings. The first kappa shape index (κ1) is 18.3. The first-order chi connectivity index (χ1) is 12.0. The lowest BCUT2D eigenvalue weighted by Gasteiger charge is -2.21. The number of ether oxygens (including phenoxy) is 1. The summed E-state index contributed by atoms with van der Waals surface area (Å²) in [5, 5.41) is 1.75. The van der Waals surface area contributed by atoms with Crippen molar-refractivity contribution in [2.45, 2.75) is 17.2 Å². The van der Waals surface area contributed by atoms with Gasteiger partial charge < -0.3 is 9.64 Å². The lowest BCUT2D eigenvalue weighted by atomic mass is 10.1. The van der Waals surface area contributed by atoms with Crippen molar-refractivity contribution >= 4 is 21.4 Å². The van der Waals surface area contributed by atoms with Gasteiger partial charge in [-0.2, -0.15) is 4.31 Å². The second-order valence-corrected chi connectivity index (χ2v) is 9.40. The third-order valence-electron chi connectivity index (χ3n) is 4.38. The molecule has 1 aliphatic rings. The van der Waals surface area contributed by atoms with E-state index < -0.39 is 10.0 Å². The van der Waals surface area contributed by atoms with Crippen LogP contribution in [0.3, 0.4) is 0 Å². The van der Waals surface area contributed by atoms with Crippen molar-refractivity contribution < 1.29 is 13.2 Å². The third-order valence-corrected chi connectivity index (χ3v) is 7.67. The van der Waals surface area contributed by atoms with Crippen molar-refractivity contribution in [2.75, 3.05) is 33.8 Å². The van der Waals surface area contributed by atoms with E-state index in [9.17, 15) is 8.42 Å². The molecule has 0 amide bonds. The molecule has 1 aliphatic heterocycles. The number of nitrogens with zero attached hydrogens (tertiary/aromatic N) is 3. The number of rotatable bonds is 7. The minimum atomic E-state index is -3.47. The molecule has 3 heterocycles. The number of hydrogen-bond donors (Lipinski definition) is 0. The van der Waals surface area contributed by atoms with E-state index in [1.165, 1.54) is 18.4 Å². The van der Waals surface area contributed by atoms with Gasteiger partial charge in [-0.1, -0.05) is 6.07 Å². The Labute approximate surface area is 153 Å². The molecule has 2 aromatic rings. The summed E-state index contributed by atoms with van der Waals surface area (Å²) in [5.41, 5.74) is 1.16. The van der Waals surface area contributed by atoms with Gasteiger partial charge in [0.05, 0.1) is 7.11 Å². The van der Waals surface area contributed by atoms with Gasteiger partial charge in [0.25, 0.3) is 10.0 Å². The minimum absolute atomic E-state index is 0.305. The van der Waals surface area contributed by atoms with Crippen LogP contribution in [0.5, 0.6) is 5.75 Å². The summed E-state index contributed by atoms with van der Waals surface area (Å²) in [6.45, 7) is 2.80. The van der Waals surface area contributed by atoms with Gasteiger partial charge in [0.15, 0.2) is 4.21 Å². The van der Waals surface area contributed by atoms with Crippen molar-refractivity contribution in [2.24, 2.45) is 5.92 Å². The predicted octanol–water partition coefficient (Wildman–Crippen LogP) is 2.29.